The van der Waals surface area contributed by atoms with Gasteiger partial charge in [-0.2, -0.15) is 0 Å². The number of hydrogen-bond donors (Lipinski definition) is 1. The van der Waals surface area contributed by atoms with Crippen LogP contribution in [-0.4, -0.2) is 11.2 Å². The van der Waals surface area contributed by atoms with Gasteiger partial charge in [0.25, 0.3) is 0 Å². The van der Waals surface area contributed by atoms with Gasteiger partial charge in [0.15, 0.2) is 0 Å². The Morgan fingerprint density at radius 3 is 2.16 bits per heavy atom. The van der Waals surface area contributed by atoms with Gasteiger partial charge in [0, 0.05) is 0 Å². The zero-order chi connectivity index (χ0) is 14.0. The van der Waals surface area contributed by atoms with E-state index in [-0.39, 0.29) is 11.5 Å². The molecule has 0 bridgehead atoms. The molecule has 2 atom stereocenters. The lowest BCUT2D eigenvalue weighted by atomic mass is 9.66. The molecule has 1 N–H and O–H groups in total. The van der Waals surface area contributed by atoms with E-state index in [4.69, 9.17) is 0 Å². The largest absolute Gasteiger partial charge is 0.393 e. The van der Waals surface area contributed by atoms with E-state index in [2.05, 4.69) is 52.0 Å². The summed E-state index contributed by atoms with van der Waals surface area (Å²) in [4.78, 5) is 0. The van der Waals surface area contributed by atoms with Gasteiger partial charge in [-0.05, 0) is 41.2 Å². The summed E-state index contributed by atoms with van der Waals surface area (Å²) in [6.45, 7) is 9.03. The van der Waals surface area contributed by atoms with Crippen molar-refractivity contribution in [1.29, 1.82) is 0 Å². The lowest BCUT2D eigenvalue weighted by Gasteiger charge is -2.40. The molecule has 1 aromatic rings. The van der Waals surface area contributed by atoms with E-state index in [1.807, 2.05) is 0 Å². The Kier molecular flexibility index (Phi) is 4.35. The summed E-state index contributed by atoms with van der Waals surface area (Å²) in [5.41, 5.74) is 2.82. The first kappa shape index (κ1) is 14.6. The first-order chi connectivity index (χ1) is 8.93. The monoisotopic (exact) mass is 260 g/mol. The summed E-state index contributed by atoms with van der Waals surface area (Å²) in [5, 5.41) is 10.3. The average molecular weight is 260 g/mol. The highest BCUT2D eigenvalue weighted by molar-refractivity contribution is 5.30. The van der Waals surface area contributed by atoms with Gasteiger partial charge in [-0.15, -0.1) is 0 Å². The molecule has 19 heavy (non-hydrogen) atoms. The van der Waals surface area contributed by atoms with Crippen LogP contribution in [0, 0.1) is 5.92 Å². The van der Waals surface area contributed by atoms with Crippen LogP contribution in [-0.2, 0) is 5.41 Å². The molecule has 0 saturated heterocycles. The van der Waals surface area contributed by atoms with E-state index in [1.54, 1.807) is 0 Å². The highest BCUT2D eigenvalue weighted by atomic mass is 16.3. The van der Waals surface area contributed by atoms with Crippen LogP contribution in [0.5, 0.6) is 0 Å². The Balaban J connectivity index is 2.22. The van der Waals surface area contributed by atoms with Crippen LogP contribution in [0.15, 0.2) is 24.3 Å². The molecule has 0 amide bonds. The number of rotatable bonds is 3. The van der Waals surface area contributed by atoms with Crippen molar-refractivity contribution < 1.29 is 5.11 Å². The average Bonchev–Trinajstić information content (AvgIpc) is 2.39. The Labute approximate surface area is 118 Å². The minimum absolute atomic E-state index is 0.0648. The molecule has 1 aliphatic rings. The normalized spacial score (nSPS) is 24.7. The zero-order valence-electron chi connectivity index (χ0n) is 12.8. The molecule has 0 aliphatic heterocycles. The van der Waals surface area contributed by atoms with Gasteiger partial charge >= 0.3 is 0 Å². The summed E-state index contributed by atoms with van der Waals surface area (Å²) in [6.07, 6.45) is 4.43. The van der Waals surface area contributed by atoms with E-state index in [1.165, 1.54) is 24.0 Å². The topological polar surface area (TPSA) is 20.2 Å². The Morgan fingerprint density at radius 1 is 1.05 bits per heavy atom. The molecule has 2 rings (SSSR count). The molecule has 0 spiro atoms. The van der Waals surface area contributed by atoms with Crippen molar-refractivity contribution in [2.45, 2.75) is 70.8 Å². The SMILES string of the molecule is CC(C)c1ccc(C(C)(C)[C@H]2CCCC[C@@H]2O)cc1. The standard InChI is InChI=1S/C18H28O/c1-13(2)14-9-11-15(12-10-14)18(3,4)16-7-5-6-8-17(16)19/h9-13,16-17,19H,5-8H2,1-4H3/t16-,17-/m0/s1. The molecular formula is C18H28O. The van der Waals surface area contributed by atoms with Crippen LogP contribution in [0.2, 0.25) is 0 Å². The number of hydrogen-bond acceptors (Lipinski definition) is 1. The Morgan fingerprint density at radius 2 is 1.63 bits per heavy atom. The van der Waals surface area contributed by atoms with Gasteiger partial charge in [0.05, 0.1) is 6.10 Å². The van der Waals surface area contributed by atoms with Crippen LogP contribution >= 0.6 is 0 Å². The number of aliphatic hydroxyl groups is 1. The fourth-order valence-electron chi connectivity index (χ4n) is 3.46. The van der Waals surface area contributed by atoms with Gasteiger partial charge in [-0.25, -0.2) is 0 Å². The molecular weight excluding hydrogens is 232 g/mol. The van der Waals surface area contributed by atoms with E-state index < -0.39 is 0 Å². The molecule has 0 heterocycles. The molecule has 106 valence electrons. The van der Waals surface area contributed by atoms with Gasteiger partial charge in [0.2, 0.25) is 0 Å². The molecule has 1 aliphatic carbocycles. The van der Waals surface area contributed by atoms with E-state index in [0.29, 0.717) is 11.8 Å². The first-order valence-electron chi connectivity index (χ1n) is 7.71. The highest BCUT2D eigenvalue weighted by Crippen LogP contribution is 2.41. The van der Waals surface area contributed by atoms with Gasteiger partial charge in [-0.3, -0.25) is 0 Å². The maximum Gasteiger partial charge on any atom is 0.0576 e. The highest BCUT2D eigenvalue weighted by Gasteiger charge is 2.37. The van der Waals surface area contributed by atoms with Crippen LogP contribution < -0.4 is 0 Å². The maximum atomic E-state index is 10.3. The third-order valence-electron chi connectivity index (χ3n) is 4.98. The van der Waals surface area contributed by atoms with Crippen molar-refractivity contribution in [3.05, 3.63) is 35.4 Å². The van der Waals surface area contributed by atoms with Gasteiger partial charge < -0.3 is 5.11 Å². The van der Waals surface area contributed by atoms with E-state index >= 15 is 0 Å². The minimum atomic E-state index is -0.131. The summed E-state index contributed by atoms with van der Waals surface area (Å²) in [7, 11) is 0. The molecule has 1 saturated carbocycles. The molecule has 0 unspecified atom stereocenters. The molecule has 1 heteroatoms. The van der Waals surface area contributed by atoms with Crippen molar-refractivity contribution in [1.82, 2.24) is 0 Å². The van der Waals surface area contributed by atoms with E-state index in [0.717, 1.165) is 12.8 Å². The van der Waals surface area contributed by atoms with Crippen molar-refractivity contribution >= 4 is 0 Å². The first-order valence-corrected chi connectivity index (χ1v) is 7.71. The quantitative estimate of drug-likeness (QED) is 0.839. The fourth-order valence-corrected chi connectivity index (χ4v) is 3.46. The molecule has 1 nitrogen and oxygen atoms in total. The van der Waals surface area contributed by atoms with Crippen LogP contribution in [0.3, 0.4) is 0 Å². The summed E-state index contributed by atoms with van der Waals surface area (Å²) < 4.78 is 0. The Bertz CT molecular complexity index is 402. The maximum absolute atomic E-state index is 10.3. The van der Waals surface area contributed by atoms with Crippen LogP contribution in [0.1, 0.15) is 70.4 Å². The van der Waals surface area contributed by atoms with Gasteiger partial charge in [-0.1, -0.05) is 64.8 Å². The van der Waals surface area contributed by atoms with Crippen LogP contribution in [0.4, 0.5) is 0 Å². The lowest BCUT2D eigenvalue weighted by molar-refractivity contribution is 0.0321. The Hall–Kier alpha value is -0.820. The lowest BCUT2D eigenvalue weighted by Crippen LogP contribution is -2.39. The zero-order valence-corrected chi connectivity index (χ0v) is 12.8. The second kappa shape index (κ2) is 5.66. The predicted octanol–water partition coefficient (Wildman–Crippen LogP) is 4.64. The summed E-state index contributed by atoms with van der Waals surface area (Å²) >= 11 is 0. The number of aliphatic hydroxyl groups excluding tert-OH is 1. The van der Waals surface area contributed by atoms with Gasteiger partial charge in [0.1, 0.15) is 0 Å². The third-order valence-corrected chi connectivity index (χ3v) is 4.98. The molecule has 1 aromatic carbocycles. The van der Waals surface area contributed by atoms with Crippen molar-refractivity contribution in [2.75, 3.05) is 0 Å². The predicted molar refractivity (Wildman–Crippen MR) is 81.5 cm³/mol. The number of benzene rings is 1. The second-order valence-corrected chi connectivity index (χ2v) is 6.96. The third kappa shape index (κ3) is 3.02. The minimum Gasteiger partial charge on any atom is -0.393 e. The van der Waals surface area contributed by atoms with Crippen molar-refractivity contribution in [2.24, 2.45) is 5.92 Å². The van der Waals surface area contributed by atoms with Crippen molar-refractivity contribution in [3.8, 4) is 0 Å². The summed E-state index contributed by atoms with van der Waals surface area (Å²) in [5.74, 6) is 0.976. The summed E-state index contributed by atoms with van der Waals surface area (Å²) in [6, 6.07) is 9.02. The molecule has 0 aromatic heterocycles. The smallest absolute Gasteiger partial charge is 0.0576 e. The van der Waals surface area contributed by atoms with E-state index in [9.17, 15) is 5.11 Å². The van der Waals surface area contributed by atoms with Crippen molar-refractivity contribution in [3.63, 3.8) is 0 Å². The fraction of sp³-hybridized carbons (Fsp3) is 0.667. The van der Waals surface area contributed by atoms with Crippen LogP contribution in [0.25, 0.3) is 0 Å². The second-order valence-electron chi connectivity index (χ2n) is 6.96. The molecule has 1 fully saturated rings. The molecule has 0 radical (unpaired) electrons.